The van der Waals surface area contributed by atoms with Gasteiger partial charge in [0, 0.05) is 6.42 Å². The Labute approximate surface area is 114 Å². The SMILES string of the molecule is O=C(O)CCCNCc1nnc(-c2ccccc2F)o1. The quantitative estimate of drug-likeness (QED) is 0.752. The van der Waals surface area contributed by atoms with Crippen molar-refractivity contribution < 1.29 is 18.7 Å². The molecule has 0 fully saturated rings. The second-order valence-electron chi connectivity index (χ2n) is 4.15. The molecule has 1 aromatic heterocycles. The first-order valence-electron chi connectivity index (χ1n) is 6.16. The zero-order chi connectivity index (χ0) is 14.4. The highest BCUT2D eigenvalue weighted by Gasteiger charge is 2.11. The molecule has 0 spiro atoms. The highest BCUT2D eigenvalue weighted by molar-refractivity contribution is 5.66. The van der Waals surface area contributed by atoms with E-state index >= 15 is 0 Å². The number of carbonyl (C=O) groups is 1. The van der Waals surface area contributed by atoms with Crippen LogP contribution in [0.1, 0.15) is 18.7 Å². The predicted molar refractivity (Wildman–Crippen MR) is 68.3 cm³/mol. The maximum Gasteiger partial charge on any atom is 0.303 e. The highest BCUT2D eigenvalue weighted by atomic mass is 19.1. The van der Waals surface area contributed by atoms with Gasteiger partial charge in [0.05, 0.1) is 12.1 Å². The number of halogens is 1. The Balaban J connectivity index is 1.87. The summed E-state index contributed by atoms with van der Waals surface area (Å²) in [5.41, 5.74) is 0.261. The van der Waals surface area contributed by atoms with Crippen LogP contribution in [-0.4, -0.2) is 27.8 Å². The number of hydrogen-bond acceptors (Lipinski definition) is 5. The van der Waals surface area contributed by atoms with Crippen LogP contribution in [0.5, 0.6) is 0 Å². The Kier molecular flexibility index (Phi) is 4.78. The smallest absolute Gasteiger partial charge is 0.303 e. The van der Waals surface area contributed by atoms with Crippen LogP contribution < -0.4 is 5.32 Å². The van der Waals surface area contributed by atoms with Gasteiger partial charge in [-0.2, -0.15) is 0 Å². The van der Waals surface area contributed by atoms with Gasteiger partial charge in [-0.1, -0.05) is 12.1 Å². The van der Waals surface area contributed by atoms with E-state index in [0.717, 1.165) is 0 Å². The predicted octanol–water partition coefficient (Wildman–Crippen LogP) is 1.83. The van der Waals surface area contributed by atoms with Crippen LogP contribution in [0.2, 0.25) is 0 Å². The van der Waals surface area contributed by atoms with E-state index in [4.69, 9.17) is 9.52 Å². The molecule has 0 aliphatic carbocycles. The lowest BCUT2D eigenvalue weighted by molar-refractivity contribution is -0.137. The zero-order valence-electron chi connectivity index (χ0n) is 10.7. The first kappa shape index (κ1) is 14.1. The Hall–Kier alpha value is -2.28. The number of hydrogen-bond donors (Lipinski definition) is 2. The third-order valence-electron chi connectivity index (χ3n) is 2.59. The van der Waals surface area contributed by atoms with Crippen LogP contribution in [0.3, 0.4) is 0 Å². The summed E-state index contributed by atoms with van der Waals surface area (Å²) in [5, 5.41) is 19.1. The van der Waals surface area contributed by atoms with Crippen molar-refractivity contribution in [2.24, 2.45) is 0 Å². The van der Waals surface area contributed by atoms with Gasteiger partial charge < -0.3 is 14.8 Å². The number of benzene rings is 1. The van der Waals surface area contributed by atoms with Crippen LogP contribution in [0, 0.1) is 5.82 Å². The molecule has 0 unspecified atom stereocenters. The summed E-state index contributed by atoms with van der Waals surface area (Å²) in [6.07, 6.45) is 0.626. The summed E-state index contributed by atoms with van der Waals surface area (Å²) in [4.78, 5) is 10.3. The molecule has 0 atom stereocenters. The second kappa shape index (κ2) is 6.76. The van der Waals surface area contributed by atoms with E-state index in [2.05, 4.69) is 15.5 Å². The van der Waals surface area contributed by atoms with Crippen LogP contribution in [0.15, 0.2) is 28.7 Å². The van der Waals surface area contributed by atoms with Crippen LogP contribution in [0.4, 0.5) is 4.39 Å². The topological polar surface area (TPSA) is 88.2 Å². The fourth-order valence-corrected chi connectivity index (χ4v) is 1.63. The maximum atomic E-state index is 13.5. The minimum Gasteiger partial charge on any atom is -0.481 e. The van der Waals surface area contributed by atoms with Crippen molar-refractivity contribution in [1.29, 1.82) is 0 Å². The van der Waals surface area contributed by atoms with Gasteiger partial charge in [0.15, 0.2) is 0 Å². The van der Waals surface area contributed by atoms with E-state index in [9.17, 15) is 9.18 Å². The lowest BCUT2D eigenvalue weighted by atomic mass is 10.2. The number of carboxylic acid groups (broad SMARTS) is 1. The van der Waals surface area contributed by atoms with Gasteiger partial charge in [0.25, 0.3) is 5.89 Å². The van der Waals surface area contributed by atoms with E-state index in [1.807, 2.05) is 0 Å². The Morgan fingerprint density at radius 3 is 2.90 bits per heavy atom. The summed E-state index contributed by atoms with van der Waals surface area (Å²) >= 11 is 0. The van der Waals surface area contributed by atoms with Crippen LogP contribution >= 0.6 is 0 Å². The fraction of sp³-hybridized carbons (Fsp3) is 0.308. The van der Waals surface area contributed by atoms with Crippen molar-refractivity contribution in [3.8, 4) is 11.5 Å². The van der Waals surface area contributed by atoms with Crippen molar-refractivity contribution in [3.63, 3.8) is 0 Å². The molecule has 6 nitrogen and oxygen atoms in total. The summed E-state index contributed by atoms with van der Waals surface area (Å²) in [7, 11) is 0. The monoisotopic (exact) mass is 279 g/mol. The Morgan fingerprint density at radius 1 is 1.35 bits per heavy atom. The molecule has 0 saturated heterocycles. The van der Waals surface area contributed by atoms with Gasteiger partial charge >= 0.3 is 5.97 Å². The molecule has 7 heteroatoms. The minimum absolute atomic E-state index is 0.108. The highest BCUT2D eigenvalue weighted by Crippen LogP contribution is 2.20. The van der Waals surface area contributed by atoms with E-state index in [-0.39, 0.29) is 17.9 Å². The van der Waals surface area contributed by atoms with Crippen molar-refractivity contribution in [1.82, 2.24) is 15.5 Å². The summed E-state index contributed by atoms with van der Waals surface area (Å²) < 4.78 is 18.9. The molecule has 0 amide bonds. The van der Waals surface area contributed by atoms with E-state index in [1.165, 1.54) is 6.07 Å². The summed E-state index contributed by atoms with van der Waals surface area (Å²) in [6, 6.07) is 6.16. The van der Waals surface area contributed by atoms with Crippen molar-refractivity contribution in [3.05, 3.63) is 36.0 Å². The molecule has 2 rings (SSSR count). The van der Waals surface area contributed by atoms with E-state index in [1.54, 1.807) is 18.2 Å². The van der Waals surface area contributed by atoms with Gasteiger partial charge in [-0.15, -0.1) is 10.2 Å². The van der Waals surface area contributed by atoms with Crippen LogP contribution in [-0.2, 0) is 11.3 Å². The lowest BCUT2D eigenvalue weighted by Gasteiger charge is -1.99. The standard InChI is InChI=1S/C13H14FN3O3/c14-10-5-2-1-4-9(10)13-17-16-11(20-13)8-15-7-3-6-12(18)19/h1-2,4-5,15H,3,6-8H2,(H,18,19). The average molecular weight is 279 g/mol. The molecule has 0 bridgehead atoms. The number of aromatic nitrogens is 2. The fourth-order valence-electron chi connectivity index (χ4n) is 1.63. The molecule has 1 heterocycles. The van der Waals surface area contributed by atoms with Gasteiger partial charge in [0.1, 0.15) is 5.82 Å². The molecule has 0 radical (unpaired) electrons. The number of carboxylic acids is 1. The molecular formula is C13H14FN3O3. The van der Waals surface area contributed by atoms with Crippen LogP contribution in [0.25, 0.3) is 11.5 Å². The van der Waals surface area contributed by atoms with Crippen molar-refractivity contribution >= 4 is 5.97 Å². The third-order valence-corrected chi connectivity index (χ3v) is 2.59. The molecule has 106 valence electrons. The Morgan fingerprint density at radius 2 is 2.15 bits per heavy atom. The largest absolute Gasteiger partial charge is 0.481 e. The number of nitrogens with zero attached hydrogens (tertiary/aromatic N) is 2. The molecule has 2 aromatic rings. The minimum atomic E-state index is -0.827. The van der Waals surface area contributed by atoms with Gasteiger partial charge in [-0.3, -0.25) is 4.79 Å². The maximum absolute atomic E-state index is 13.5. The number of rotatable bonds is 7. The summed E-state index contributed by atoms with van der Waals surface area (Å²) in [6.45, 7) is 0.852. The molecular weight excluding hydrogens is 265 g/mol. The van der Waals surface area contributed by atoms with E-state index < -0.39 is 11.8 Å². The average Bonchev–Trinajstić information content (AvgIpc) is 2.87. The Bertz CT molecular complexity index is 586. The second-order valence-corrected chi connectivity index (χ2v) is 4.15. The number of aliphatic carboxylic acids is 1. The summed E-state index contributed by atoms with van der Waals surface area (Å²) in [5.74, 6) is -0.785. The first-order valence-corrected chi connectivity index (χ1v) is 6.16. The first-order chi connectivity index (χ1) is 9.66. The molecule has 0 aliphatic heterocycles. The zero-order valence-corrected chi connectivity index (χ0v) is 10.7. The normalized spacial score (nSPS) is 10.7. The molecule has 1 aromatic carbocycles. The van der Waals surface area contributed by atoms with Gasteiger partial charge in [-0.05, 0) is 25.1 Å². The molecule has 0 aliphatic rings. The molecule has 2 N–H and O–H groups in total. The third kappa shape index (κ3) is 3.86. The van der Waals surface area contributed by atoms with Crippen molar-refractivity contribution in [2.45, 2.75) is 19.4 Å². The van der Waals surface area contributed by atoms with E-state index in [0.29, 0.717) is 25.4 Å². The lowest BCUT2D eigenvalue weighted by Crippen LogP contribution is -2.15. The van der Waals surface area contributed by atoms with Gasteiger partial charge in [-0.25, -0.2) is 4.39 Å². The van der Waals surface area contributed by atoms with Gasteiger partial charge in [0.2, 0.25) is 5.89 Å². The number of nitrogens with one attached hydrogen (secondary N) is 1. The molecule has 0 saturated carbocycles. The molecule has 20 heavy (non-hydrogen) atoms. The van der Waals surface area contributed by atoms with Crippen molar-refractivity contribution in [2.75, 3.05) is 6.54 Å².